The van der Waals surface area contributed by atoms with Crippen LogP contribution in [-0.4, -0.2) is 4.98 Å². The molecule has 1 aromatic carbocycles. The molecule has 0 aliphatic heterocycles. The number of pyridine rings is 1. The molecule has 0 spiro atoms. The quantitative estimate of drug-likeness (QED) is 0.864. The normalized spacial score (nSPS) is 10.6. The highest BCUT2D eigenvalue weighted by Gasteiger charge is 2.07. The predicted octanol–water partition coefficient (Wildman–Crippen LogP) is 4.20. The summed E-state index contributed by atoms with van der Waals surface area (Å²) in [7, 11) is 0. The topological polar surface area (TPSA) is 48.1 Å². The number of nitrogens with two attached hydrogens (primary N) is 1. The first kappa shape index (κ1) is 15.4. The van der Waals surface area contributed by atoms with Gasteiger partial charge in [0.05, 0.1) is 5.69 Å². The molecule has 1 aromatic heterocycles. The Bertz CT molecular complexity index is 591. The first-order chi connectivity index (χ1) is 10.1. The Hall–Kier alpha value is -2.03. The Morgan fingerprint density at radius 2 is 1.86 bits per heavy atom. The highest BCUT2D eigenvalue weighted by atomic mass is 16.5. The highest BCUT2D eigenvalue weighted by molar-refractivity contribution is 5.53. The first-order valence-electron chi connectivity index (χ1n) is 7.54. The molecule has 0 bridgehead atoms. The number of hydrogen-bond donors (Lipinski definition) is 1. The summed E-state index contributed by atoms with van der Waals surface area (Å²) in [5.74, 6) is 0.871. The molecule has 0 fully saturated rings. The minimum absolute atomic E-state index is 0.449. The zero-order chi connectivity index (χ0) is 15.2. The van der Waals surface area contributed by atoms with Crippen molar-refractivity contribution in [2.75, 3.05) is 5.73 Å². The van der Waals surface area contributed by atoms with Crippen molar-refractivity contribution in [2.24, 2.45) is 0 Å². The number of rotatable bonds is 6. The van der Waals surface area contributed by atoms with E-state index >= 15 is 0 Å². The summed E-state index contributed by atoms with van der Waals surface area (Å²) in [4.78, 5) is 4.41. The summed E-state index contributed by atoms with van der Waals surface area (Å²) in [6, 6.07) is 8.32. The molecule has 2 rings (SSSR count). The summed E-state index contributed by atoms with van der Waals surface area (Å²) in [5.41, 5.74) is 11.1. The molecule has 2 N–H and O–H groups in total. The standard InChI is InChI=1S/C18H24N2O/c1-4-5-6-15-7-9-16(10-8-15)21-12-17-14(3)18(19)13(2)11-20-17/h7-11H,4-6,12H2,1-3H3,(H2,19,20). The molecule has 0 atom stereocenters. The minimum Gasteiger partial charge on any atom is -0.487 e. The smallest absolute Gasteiger partial charge is 0.131 e. The largest absolute Gasteiger partial charge is 0.487 e. The summed E-state index contributed by atoms with van der Waals surface area (Å²) in [6.07, 6.45) is 5.38. The Labute approximate surface area is 127 Å². The van der Waals surface area contributed by atoms with E-state index in [1.165, 1.54) is 18.4 Å². The van der Waals surface area contributed by atoms with Crippen LogP contribution in [0.5, 0.6) is 5.75 Å². The third kappa shape index (κ3) is 3.97. The lowest BCUT2D eigenvalue weighted by Crippen LogP contribution is -2.05. The van der Waals surface area contributed by atoms with Crippen molar-refractivity contribution < 1.29 is 4.74 Å². The van der Waals surface area contributed by atoms with Gasteiger partial charge in [0.25, 0.3) is 0 Å². The van der Waals surface area contributed by atoms with E-state index in [-0.39, 0.29) is 0 Å². The van der Waals surface area contributed by atoms with Crippen LogP contribution in [0.3, 0.4) is 0 Å². The lowest BCUT2D eigenvalue weighted by atomic mass is 10.1. The number of hydrogen-bond acceptors (Lipinski definition) is 3. The van der Waals surface area contributed by atoms with Crippen LogP contribution in [0.2, 0.25) is 0 Å². The average molecular weight is 284 g/mol. The van der Waals surface area contributed by atoms with Gasteiger partial charge < -0.3 is 10.5 Å². The van der Waals surface area contributed by atoms with E-state index in [4.69, 9.17) is 10.5 Å². The van der Waals surface area contributed by atoms with E-state index in [0.717, 1.165) is 34.7 Å². The molecule has 3 nitrogen and oxygen atoms in total. The fourth-order valence-electron chi connectivity index (χ4n) is 2.22. The van der Waals surface area contributed by atoms with Gasteiger partial charge in [0.2, 0.25) is 0 Å². The maximum Gasteiger partial charge on any atom is 0.131 e. The molecular weight excluding hydrogens is 260 g/mol. The zero-order valence-corrected chi connectivity index (χ0v) is 13.1. The molecule has 0 unspecified atom stereocenters. The Kier molecular flexibility index (Phi) is 5.20. The highest BCUT2D eigenvalue weighted by Crippen LogP contribution is 2.20. The van der Waals surface area contributed by atoms with Crippen LogP contribution in [-0.2, 0) is 13.0 Å². The predicted molar refractivity (Wildman–Crippen MR) is 87.5 cm³/mol. The molecule has 0 aliphatic carbocycles. The summed E-state index contributed by atoms with van der Waals surface area (Å²) in [5, 5.41) is 0. The van der Waals surface area contributed by atoms with Crippen LogP contribution in [0.4, 0.5) is 5.69 Å². The van der Waals surface area contributed by atoms with E-state index in [1.54, 1.807) is 6.20 Å². The lowest BCUT2D eigenvalue weighted by molar-refractivity contribution is 0.300. The molecule has 0 radical (unpaired) electrons. The zero-order valence-electron chi connectivity index (χ0n) is 13.1. The van der Waals surface area contributed by atoms with E-state index in [0.29, 0.717) is 6.61 Å². The molecule has 1 heterocycles. The average Bonchev–Trinajstić information content (AvgIpc) is 2.51. The molecule has 21 heavy (non-hydrogen) atoms. The SMILES string of the molecule is CCCCc1ccc(OCc2ncc(C)c(N)c2C)cc1. The molecule has 0 saturated carbocycles. The third-order valence-corrected chi connectivity index (χ3v) is 3.79. The van der Waals surface area contributed by atoms with Crippen molar-refractivity contribution in [3.63, 3.8) is 0 Å². The number of nitrogen functional groups attached to an aromatic ring is 1. The minimum atomic E-state index is 0.449. The van der Waals surface area contributed by atoms with Gasteiger partial charge in [0, 0.05) is 11.9 Å². The van der Waals surface area contributed by atoms with Gasteiger partial charge in [-0.3, -0.25) is 4.98 Å². The van der Waals surface area contributed by atoms with E-state index in [2.05, 4.69) is 24.0 Å². The van der Waals surface area contributed by atoms with Gasteiger partial charge in [0.1, 0.15) is 12.4 Å². The summed E-state index contributed by atoms with van der Waals surface area (Å²) >= 11 is 0. The first-order valence-corrected chi connectivity index (χ1v) is 7.54. The van der Waals surface area contributed by atoms with Gasteiger partial charge in [-0.2, -0.15) is 0 Å². The molecule has 2 aromatic rings. The van der Waals surface area contributed by atoms with Crippen molar-refractivity contribution >= 4 is 5.69 Å². The molecule has 0 aliphatic rings. The molecular formula is C18H24N2O. The van der Waals surface area contributed by atoms with E-state index in [9.17, 15) is 0 Å². The van der Waals surface area contributed by atoms with Crippen LogP contribution in [0.25, 0.3) is 0 Å². The van der Waals surface area contributed by atoms with Gasteiger partial charge in [-0.1, -0.05) is 25.5 Å². The maximum absolute atomic E-state index is 6.02. The number of benzene rings is 1. The number of aryl methyl sites for hydroxylation is 2. The molecule has 3 heteroatoms. The molecule has 0 amide bonds. The lowest BCUT2D eigenvalue weighted by Gasteiger charge is -2.11. The fraction of sp³-hybridized carbons (Fsp3) is 0.389. The van der Waals surface area contributed by atoms with Crippen LogP contribution in [0, 0.1) is 13.8 Å². The number of ether oxygens (including phenoxy) is 1. The maximum atomic E-state index is 6.02. The number of aromatic nitrogens is 1. The van der Waals surface area contributed by atoms with Gasteiger partial charge in [-0.25, -0.2) is 0 Å². The Morgan fingerprint density at radius 1 is 1.14 bits per heavy atom. The second kappa shape index (κ2) is 7.11. The molecule has 0 saturated heterocycles. The van der Waals surface area contributed by atoms with Gasteiger partial charge in [-0.05, 0) is 55.5 Å². The van der Waals surface area contributed by atoms with Gasteiger partial charge >= 0.3 is 0 Å². The van der Waals surface area contributed by atoms with Crippen molar-refractivity contribution in [1.82, 2.24) is 4.98 Å². The van der Waals surface area contributed by atoms with E-state index < -0.39 is 0 Å². The van der Waals surface area contributed by atoms with E-state index in [1.807, 2.05) is 26.0 Å². The number of nitrogens with zero attached hydrogens (tertiary/aromatic N) is 1. The second-order valence-electron chi connectivity index (χ2n) is 5.46. The van der Waals surface area contributed by atoms with Crippen molar-refractivity contribution in [3.8, 4) is 5.75 Å². The number of anilines is 1. The summed E-state index contributed by atoms with van der Waals surface area (Å²) < 4.78 is 5.81. The Balaban J connectivity index is 1.98. The van der Waals surface area contributed by atoms with Crippen molar-refractivity contribution in [3.05, 3.63) is 52.8 Å². The van der Waals surface area contributed by atoms with Gasteiger partial charge in [-0.15, -0.1) is 0 Å². The molecule has 112 valence electrons. The monoisotopic (exact) mass is 284 g/mol. The van der Waals surface area contributed by atoms with Crippen molar-refractivity contribution in [1.29, 1.82) is 0 Å². The van der Waals surface area contributed by atoms with Crippen LogP contribution in [0.1, 0.15) is 42.1 Å². The fourth-order valence-corrected chi connectivity index (χ4v) is 2.22. The number of unbranched alkanes of at least 4 members (excludes halogenated alkanes) is 1. The summed E-state index contributed by atoms with van der Waals surface area (Å²) in [6.45, 7) is 6.61. The van der Waals surface area contributed by atoms with Gasteiger partial charge in [0.15, 0.2) is 0 Å². The third-order valence-electron chi connectivity index (χ3n) is 3.79. The van der Waals surface area contributed by atoms with Crippen molar-refractivity contribution in [2.45, 2.75) is 46.6 Å². The second-order valence-corrected chi connectivity index (χ2v) is 5.46. The van der Waals surface area contributed by atoms with Crippen LogP contribution < -0.4 is 10.5 Å². The van der Waals surface area contributed by atoms with Crippen LogP contribution in [0.15, 0.2) is 30.5 Å². The Morgan fingerprint density at radius 3 is 2.52 bits per heavy atom. The van der Waals surface area contributed by atoms with Crippen LogP contribution >= 0.6 is 0 Å².